The third-order valence-electron chi connectivity index (χ3n) is 5.46. The van der Waals surface area contributed by atoms with Gasteiger partial charge in [0.1, 0.15) is 6.10 Å². The van der Waals surface area contributed by atoms with E-state index in [-0.39, 0.29) is 59.6 Å². The van der Waals surface area contributed by atoms with E-state index in [9.17, 15) is 9.59 Å². The lowest BCUT2D eigenvalue weighted by molar-refractivity contribution is -0.160. The highest BCUT2D eigenvalue weighted by molar-refractivity contribution is 5.72. The molecule has 5 atom stereocenters. The summed E-state index contributed by atoms with van der Waals surface area (Å²) in [4.78, 5) is 22.4. The van der Waals surface area contributed by atoms with E-state index in [1.165, 1.54) is 20.0 Å². The van der Waals surface area contributed by atoms with Crippen LogP contribution in [0.4, 0.5) is 0 Å². The summed E-state index contributed by atoms with van der Waals surface area (Å²) in [6.07, 6.45) is 5.41. The zero-order chi connectivity index (χ0) is 19.6. The molecule has 0 N–H and O–H groups in total. The predicted octanol–water partition coefficient (Wildman–Crippen LogP) is 7.79. The molecule has 0 aromatic rings. The van der Waals surface area contributed by atoms with Crippen LogP contribution in [0, 0.1) is 29.6 Å². The molecule has 0 amide bonds. The van der Waals surface area contributed by atoms with Crippen molar-refractivity contribution in [3.05, 3.63) is 0 Å². The van der Waals surface area contributed by atoms with Crippen LogP contribution in [0.25, 0.3) is 0 Å². The van der Waals surface area contributed by atoms with Gasteiger partial charge in [0.15, 0.2) is 0 Å². The maximum atomic E-state index is 11.9. The molecule has 0 spiro atoms. The van der Waals surface area contributed by atoms with Gasteiger partial charge < -0.3 is 9.47 Å². The SMILES string of the molecule is C.C.C.C.CCC(C)C(=O)OC.CCC(C)C(=O)OC1CC(C)CCC1C(C)C. The fourth-order valence-electron chi connectivity index (χ4n) is 3.05. The van der Waals surface area contributed by atoms with E-state index in [2.05, 4.69) is 25.5 Å². The molecule has 1 saturated carbocycles. The van der Waals surface area contributed by atoms with Crippen molar-refractivity contribution in [3.8, 4) is 0 Å². The molecule has 0 aliphatic heterocycles. The van der Waals surface area contributed by atoms with E-state index in [1.807, 2.05) is 27.7 Å². The minimum Gasteiger partial charge on any atom is -0.469 e. The first-order chi connectivity index (χ1) is 11.7. The van der Waals surface area contributed by atoms with Gasteiger partial charge in [0, 0.05) is 0 Å². The normalized spacial score (nSPS) is 21.9. The van der Waals surface area contributed by atoms with Crippen molar-refractivity contribution >= 4 is 11.9 Å². The smallest absolute Gasteiger partial charge is 0.308 e. The lowest BCUT2D eigenvalue weighted by Gasteiger charge is -2.37. The van der Waals surface area contributed by atoms with Gasteiger partial charge in [-0.05, 0) is 43.4 Å². The van der Waals surface area contributed by atoms with E-state index < -0.39 is 0 Å². The minimum absolute atomic E-state index is 0. The Morgan fingerprint density at radius 3 is 1.66 bits per heavy atom. The summed E-state index contributed by atoms with van der Waals surface area (Å²) in [5.74, 6) is 1.83. The lowest BCUT2D eigenvalue weighted by atomic mass is 9.75. The molecule has 0 heterocycles. The Bertz CT molecular complexity index is 392. The summed E-state index contributed by atoms with van der Waals surface area (Å²) >= 11 is 0. The van der Waals surface area contributed by atoms with Crippen molar-refractivity contribution < 1.29 is 19.1 Å². The number of hydrogen-bond donors (Lipinski definition) is 0. The highest BCUT2D eigenvalue weighted by Crippen LogP contribution is 2.35. The third-order valence-corrected chi connectivity index (χ3v) is 5.46. The van der Waals surface area contributed by atoms with E-state index in [1.54, 1.807) is 0 Å². The Labute approximate surface area is 184 Å². The molecule has 1 aliphatic carbocycles. The summed E-state index contributed by atoms with van der Waals surface area (Å²) in [5, 5.41) is 0. The summed E-state index contributed by atoms with van der Waals surface area (Å²) in [6, 6.07) is 0. The first kappa shape index (κ1) is 38.5. The van der Waals surface area contributed by atoms with Gasteiger partial charge in [-0.3, -0.25) is 9.59 Å². The zero-order valence-electron chi connectivity index (χ0n) is 17.6. The molecule has 0 saturated heterocycles. The quantitative estimate of drug-likeness (QED) is 0.411. The Kier molecular flexibility index (Phi) is 26.9. The van der Waals surface area contributed by atoms with Gasteiger partial charge in [-0.15, -0.1) is 0 Å². The third kappa shape index (κ3) is 14.5. The topological polar surface area (TPSA) is 52.6 Å². The highest BCUT2D eigenvalue weighted by atomic mass is 16.5. The van der Waals surface area contributed by atoms with Crippen LogP contribution in [0.15, 0.2) is 0 Å². The van der Waals surface area contributed by atoms with Crippen LogP contribution in [-0.4, -0.2) is 25.2 Å². The van der Waals surface area contributed by atoms with Gasteiger partial charge in [0.2, 0.25) is 0 Å². The fraction of sp³-hybridized carbons (Fsp3) is 0.920. The van der Waals surface area contributed by atoms with Crippen LogP contribution in [0.3, 0.4) is 0 Å². The molecule has 0 radical (unpaired) electrons. The van der Waals surface area contributed by atoms with Gasteiger partial charge in [-0.25, -0.2) is 0 Å². The number of carbonyl (C=O) groups excluding carboxylic acids is 2. The number of rotatable bonds is 6. The largest absolute Gasteiger partial charge is 0.469 e. The second-order valence-electron chi connectivity index (χ2n) is 7.94. The average Bonchev–Trinajstić information content (AvgIpc) is 2.59. The predicted molar refractivity (Wildman–Crippen MR) is 129 cm³/mol. The van der Waals surface area contributed by atoms with Gasteiger partial charge in [-0.2, -0.15) is 0 Å². The first-order valence-electron chi connectivity index (χ1n) is 9.95. The monoisotopic (exact) mass is 420 g/mol. The molecule has 0 aromatic carbocycles. The maximum absolute atomic E-state index is 11.9. The Morgan fingerprint density at radius 2 is 1.31 bits per heavy atom. The maximum Gasteiger partial charge on any atom is 0.308 e. The van der Waals surface area contributed by atoms with Crippen LogP contribution in [0.5, 0.6) is 0 Å². The van der Waals surface area contributed by atoms with Gasteiger partial charge in [0.25, 0.3) is 0 Å². The van der Waals surface area contributed by atoms with E-state index in [0.29, 0.717) is 17.8 Å². The summed E-state index contributed by atoms with van der Waals surface area (Å²) in [5.41, 5.74) is 0. The lowest BCUT2D eigenvalue weighted by Crippen LogP contribution is -2.37. The summed E-state index contributed by atoms with van der Waals surface area (Å²) in [7, 11) is 1.41. The first-order valence-corrected chi connectivity index (χ1v) is 9.95. The summed E-state index contributed by atoms with van der Waals surface area (Å²) < 4.78 is 10.2. The molecule has 5 unspecified atom stereocenters. The summed E-state index contributed by atoms with van der Waals surface area (Å²) in [6.45, 7) is 14.6. The van der Waals surface area contributed by atoms with E-state index in [4.69, 9.17) is 4.74 Å². The van der Waals surface area contributed by atoms with Crippen molar-refractivity contribution in [2.45, 2.75) is 116 Å². The number of esters is 2. The second kappa shape index (κ2) is 20.2. The fourth-order valence-corrected chi connectivity index (χ4v) is 3.05. The number of carbonyl (C=O) groups is 2. The van der Waals surface area contributed by atoms with E-state index >= 15 is 0 Å². The number of ether oxygens (including phenoxy) is 2. The molecule has 4 nitrogen and oxygen atoms in total. The molecule has 1 fully saturated rings. The molecular weight excluding hydrogens is 364 g/mol. The molecular formula is C25H56O4. The van der Waals surface area contributed by atoms with Crippen LogP contribution in [-0.2, 0) is 19.1 Å². The van der Waals surface area contributed by atoms with Crippen LogP contribution >= 0.6 is 0 Å². The molecule has 0 aromatic heterocycles. The molecule has 1 aliphatic rings. The second-order valence-corrected chi connectivity index (χ2v) is 7.94. The zero-order valence-corrected chi connectivity index (χ0v) is 17.6. The van der Waals surface area contributed by atoms with Gasteiger partial charge in [0.05, 0.1) is 18.9 Å². The molecule has 0 bridgehead atoms. The van der Waals surface area contributed by atoms with Crippen LogP contribution in [0.2, 0.25) is 0 Å². The standard InChI is InChI=1S/C15H28O2.C6H12O2.4CH4/c1-6-12(5)15(16)17-14-9-11(4)7-8-13(14)10(2)3;1-4-5(2)6(7)8-3;;;;/h10-14H,6-9H2,1-5H3;5H,4H2,1-3H3;4*1H4. The highest BCUT2D eigenvalue weighted by Gasteiger charge is 2.33. The van der Waals surface area contributed by atoms with Crippen molar-refractivity contribution in [1.82, 2.24) is 0 Å². The van der Waals surface area contributed by atoms with E-state index in [0.717, 1.165) is 19.3 Å². The Balaban J connectivity index is -0.000000140. The van der Waals surface area contributed by atoms with Gasteiger partial charge >= 0.3 is 11.9 Å². The Hall–Kier alpha value is -1.06. The van der Waals surface area contributed by atoms with Crippen molar-refractivity contribution in [1.29, 1.82) is 0 Å². The number of hydrogen-bond acceptors (Lipinski definition) is 4. The molecule has 1 rings (SSSR count). The van der Waals surface area contributed by atoms with Gasteiger partial charge in [-0.1, -0.05) is 84.6 Å². The van der Waals surface area contributed by atoms with Crippen molar-refractivity contribution in [2.24, 2.45) is 29.6 Å². The average molecular weight is 421 g/mol. The molecule has 4 heteroatoms. The molecule has 180 valence electrons. The molecule has 29 heavy (non-hydrogen) atoms. The Morgan fingerprint density at radius 1 is 0.862 bits per heavy atom. The van der Waals surface area contributed by atoms with Crippen molar-refractivity contribution in [2.75, 3.05) is 7.11 Å². The number of methoxy groups -OCH3 is 1. The van der Waals surface area contributed by atoms with Crippen molar-refractivity contribution in [3.63, 3.8) is 0 Å². The minimum atomic E-state index is -0.118. The van der Waals surface area contributed by atoms with Crippen LogP contribution in [0.1, 0.15) is 110 Å². The van der Waals surface area contributed by atoms with Crippen LogP contribution < -0.4 is 0 Å².